The maximum absolute atomic E-state index is 12.3. The van der Waals surface area contributed by atoms with Gasteiger partial charge in [-0.05, 0) is 6.07 Å². The Morgan fingerprint density at radius 2 is 1.85 bits per heavy atom. The molecule has 0 aromatic carbocycles. The van der Waals surface area contributed by atoms with Crippen molar-refractivity contribution in [2.75, 3.05) is 24.6 Å². The zero-order valence-corrected chi connectivity index (χ0v) is 12.3. The molecule has 0 radical (unpaired) electrons. The molecule has 0 bridgehead atoms. The molecule has 0 aliphatic carbocycles. The third kappa shape index (κ3) is 2.72. The van der Waals surface area contributed by atoms with E-state index in [4.69, 9.17) is 5.11 Å². The van der Waals surface area contributed by atoms with Gasteiger partial charge in [0.15, 0.2) is 9.84 Å². The zero-order chi connectivity index (χ0) is 15.1. The Morgan fingerprint density at radius 1 is 1.30 bits per heavy atom. The molecule has 0 spiro atoms. The van der Waals surface area contributed by atoms with E-state index in [1.165, 1.54) is 17.8 Å². The zero-order valence-electron chi connectivity index (χ0n) is 10.7. The Kier molecular flexibility index (Phi) is 3.65. The third-order valence-electron chi connectivity index (χ3n) is 3.14. The first-order valence-corrected chi connectivity index (χ1v) is 9.00. The van der Waals surface area contributed by atoms with Gasteiger partial charge < -0.3 is 9.67 Å². The second-order valence-electron chi connectivity index (χ2n) is 4.53. The first-order chi connectivity index (χ1) is 9.13. The Labute approximate surface area is 116 Å². The van der Waals surface area contributed by atoms with E-state index in [1.54, 1.807) is 0 Å². The summed E-state index contributed by atoms with van der Waals surface area (Å²) in [7, 11) is -5.61. The summed E-state index contributed by atoms with van der Waals surface area (Å²) in [5.74, 6) is -1.66. The van der Waals surface area contributed by atoms with Crippen molar-refractivity contribution in [1.29, 1.82) is 0 Å². The Bertz CT molecular complexity index is 733. The van der Waals surface area contributed by atoms with Crippen LogP contribution in [-0.2, 0) is 26.9 Å². The Morgan fingerprint density at radius 3 is 2.30 bits per heavy atom. The van der Waals surface area contributed by atoms with Crippen LogP contribution in [0.1, 0.15) is 10.5 Å². The highest BCUT2D eigenvalue weighted by molar-refractivity contribution is 7.92. The summed E-state index contributed by atoms with van der Waals surface area (Å²) in [4.78, 5) is 10.8. The SMILES string of the molecule is Cn1cc(S(=O)(=O)N2CCS(=O)(=O)CC2)cc1C(=O)O. The minimum Gasteiger partial charge on any atom is -0.477 e. The van der Waals surface area contributed by atoms with Crippen LogP contribution in [0.4, 0.5) is 0 Å². The molecular weight excluding hydrogens is 308 g/mol. The number of hydrogen-bond acceptors (Lipinski definition) is 5. The Balaban J connectivity index is 2.32. The van der Waals surface area contributed by atoms with Gasteiger partial charge in [-0.25, -0.2) is 21.6 Å². The first-order valence-electron chi connectivity index (χ1n) is 5.74. The smallest absolute Gasteiger partial charge is 0.352 e. The van der Waals surface area contributed by atoms with E-state index in [-0.39, 0.29) is 35.2 Å². The van der Waals surface area contributed by atoms with Crippen molar-refractivity contribution in [1.82, 2.24) is 8.87 Å². The number of carboxylic acid groups (broad SMARTS) is 1. The summed E-state index contributed by atoms with van der Waals surface area (Å²) in [5.41, 5.74) is -0.145. The third-order valence-corrected chi connectivity index (χ3v) is 6.61. The van der Waals surface area contributed by atoms with Gasteiger partial charge in [-0.15, -0.1) is 0 Å². The van der Waals surface area contributed by atoms with Crippen molar-refractivity contribution in [3.63, 3.8) is 0 Å². The fourth-order valence-corrected chi connectivity index (χ4v) is 4.92. The average molecular weight is 322 g/mol. The molecular formula is C10H14N2O6S2. The highest BCUT2D eigenvalue weighted by Gasteiger charge is 2.32. The standard InChI is InChI=1S/C10H14N2O6S2/c1-11-7-8(6-9(11)10(13)14)20(17,18)12-2-4-19(15,16)5-3-12/h6-7H,2-5H2,1H3,(H,13,14). The van der Waals surface area contributed by atoms with E-state index in [1.807, 2.05) is 0 Å². The van der Waals surface area contributed by atoms with Crippen molar-refractivity contribution in [2.45, 2.75) is 4.90 Å². The van der Waals surface area contributed by atoms with Gasteiger partial charge in [-0.2, -0.15) is 4.31 Å². The number of rotatable bonds is 3. The van der Waals surface area contributed by atoms with Gasteiger partial charge in [0.05, 0.1) is 11.5 Å². The molecule has 2 rings (SSSR count). The van der Waals surface area contributed by atoms with E-state index in [0.717, 1.165) is 10.4 Å². The monoisotopic (exact) mass is 322 g/mol. The summed E-state index contributed by atoms with van der Waals surface area (Å²) in [6.45, 7) is -0.218. The number of hydrogen-bond donors (Lipinski definition) is 1. The minimum absolute atomic E-state index is 0.109. The predicted octanol–water partition coefficient (Wildman–Crippen LogP) is -0.858. The Hall–Kier alpha value is -1.39. The van der Waals surface area contributed by atoms with Crippen molar-refractivity contribution < 1.29 is 26.7 Å². The molecule has 20 heavy (non-hydrogen) atoms. The molecule has 0 saturated carbocycles. The lowest BCUT2D eigenvalue weighted by atomic mass is 10.4. The second kappa shape index (κ2) is 4.86. The highest BCUT2D eigenvalue weighted by atomic mass is 32.2. The fraction of sp³-hybridized carbons (Fsp3) is 0.500. The number of carbonyl (C=O) groups is 1. The molecule has 2 heterocycles. The van der Waals surface area contributed by atoms with Crippen LogP contribution in [0.3, 0.4) is 0 Å². The van der Waals surface area contributed by atoms with Crippen molar-refractivity contribution in [3.05, 3.63) is 18.0 Å². The van der Waals surface area contributed by atoms with Gasteiger partial charge in [0.1, 0.15) is 10.6 Å². The van der Waals surface area contributed by atoms with Gasteiger partial charge >= 0.3 is 5.97 Å². The molecule has 1 aliphatic rings. The number of aryl methyl sites for hydroxylation is 1. The van der Waals surface area contributed by atoms with Gasteiger partial charge in [-0.1, -0.05) is 0 Å². The van der Waals surface area contributed by atoms with Crippen LogP contribution in [0.5, 0.6) is 0 Å². The molecule has 1 aliphatic heterocycles. The summed E-state index contributed by atoms with van der Waals surface area (Å²) in [5, 5.41) is 8.92. The van der Waals surface area contributed by atoms with Gasteiger partial charge in [0, 0.05) is 26.3 Å². The fourth-order valence-electron chi connectivity index (χ4n) is 1.97. The highest BCUT2D eigenvalue weighted by Crippen LogP contribution is 2.20. The van der Waals surface area contributed by atoms with Crippen LogP contribution in [0.15, 0.2) is 17.2 Å². The van der Waals surface area contributed by atoms with E-state index in [0.29, 0.717) is 0 Å². The molecule has 1 fully saturated rings. The second-order valence-corrected chi connectivity index (χ2v) is 8.77. The van der Waals surface area contributed by atoms with Crippen LogP contribution in [0, 0.1) is 0 Å². The summed E-state index contributed by atoms with van der Waals surface area (Å²) < 4.78 is 49.5. The molecule has 10 heteroatoms. The van der Waals surface area contributed by atoms with Crippen LogP contribution in [-0.4, -0.2) is 61.4 Å². The maximum Gasteiger partial charge on any atom is 0.352 e. The molecule has 1 saturated heterocycles. The molecule has 1 N–H and O–H groups in total. The first kappa shape index (κ1) is 15.0. The van der Waals surface area contributed by atoms with Crippen LogP contribution >= 0.6 is 0 Å². The van der Waals surface area contributed by atoms with E-state index < -0.39 is 25.8 Å². The number of carboxylic acids is 1. The molecule has 0 unspecified atom stereocenters. The lowest BCUT2D eigenvalue weighted by Gasteiger charge is -2.25. The van der Waals surface area contributed by atoms with Crippen molar-refractivity contribution >= 4 is 25.8 Å². The van der Waals surface area contributed by atoms with E-state index in [9.17, 15) is 21.6 Å². The average Bonchev–Trinajstić information content (AvgIpc) is 2.71. The van der Waals surface area contributed by atoms with Crippen LogP contribution < -0.4 is 0 Å². The summed E-state index contributed by atoms with van der Waals surface area (Å²) in [6, 6.07) is 1.07. The number of aromatic carboxylic acids is 1. The quantitative estimate of drug-likeness (QED) is 0.775. The minimum atomic E-state index is -3.86. The maximum atomic E-state index is 12.3. The normalized spacial score (nSPS) is 19.9. The number of sulfonamides is 1. The number of sulfone groups is 1. The van der Waals surface area contributed by atoms with Crippen molar-refractivity contribution in [2.24, 2.45) is 7.05 Å². The number of aromatic nitrogens is 1. The van der Waals surface area contributed by atoms with Crippen LogP contribution in [0.2, 0.25) is 0 Å². The van der Waals surface area contributed by atoms with Gasteiger partial charge in [0.2, 0.25) is 10.0 Å². The topological polar surface area (TPSA) is 114 Å². The van der Waals surface area contributed by atoms with Gasteiger partial charge in [-0.3, -0.25) is 0 Å². The number of nitrogens with zero attached hydrogens (tertiary/aromatic N) is 2. The molecule has 0 amide bonds. The predicted molar refractivity (Wildman–Crippen MR) is 69.8 cm³/mol. The molecule has 8 nitrogen and oxygen atoms in total. The summed E-state index contributed by atoms with van der Waals surface area (Å²) in [6.07, 6.45) is 1.21. The molecule has 1 aromatic rings. The molecule has 1 aromatic heterocycles. The molecule has 0 atom stereocenters. The van der Waals surface area contributed by atoms with E-state index in [2.05, 4.69) is 0 Å². The molecule has 112 valence electrons. The van der Waals surface area contributed by atoms with Gasteiger partial charge in [0.25, 0.3) is 0 Å². The van der Waals surface area contributed by atoms with E-state index >= 15 is 0 Å². The lowest BCUT2D eigenvalue weighted by Crippen LogP contribution is -2.43. The van der Waals surface area contributed by atoms with Crippen molar-refractivity contribution in [3.8, 4) is 0 Å². The largest absolute Gasteiger partial charge is 0.477 e. The lowest BCUT2D eigenvalue weighted by molar-refractivity contribution is 0.0686. The van der Waals surface area contributed by atoms with Crippen LogP contribution in [0.25, 0.3) is 0 Å². The summed E-state index contributed by atoms with van der Waals surface area (Å²) >= 11 is 0.